The first kappa shape index (κ1) is 15.3. The number of nitrogens with one attached hydrogen (secondary N) is 2. The third kappa shape index (κ3) is 3.33. The predicted molar refractivity (Wildman–Crippen MR) is 82.8 cm³/mol. The molecule has 1 aromatic carbocycles. The fraction of sp³-hybridized carbons (Fsp3) is 0.562. The Labute approximate surface area is 126 Å². The van der Waals surface area contributed by atoms with Crippen LogP contribution in [0.5, 0.6) is 0 Å². The molecule has 2 rings (SSSR count). The van der Waals surface area contributed by atoms with Gasteiger partial charge in [-0.2, -0.15) is 0 Å². The zero-order chi connectivity index (χ0) is 14.6. The van der Waals surface area contributed by atoms with E-state index in [0.717, 1.165) is 37.9 Å². The summed E-state index contributed by atoms with van der Waals surface area (Å²) in [6.07, 6.45) is 2.89. The second-order valence-electron chi connectivity index (χ2n) is 5.71. The van der Waals surface area contributed by atoms with E-state index in [1.54, 1.807) is 0 Å². The zero-order valence-electron chi connectivity index (χ0n) is 12.2. The van der Waals surface area contributed by atoms with Crippen molar-refractivity contribution in [3.63, 3.8) is 0 Å². The fourth-order valence-corrected chi connectivity index (χ4v) is 3.15. The zero-order valence-corrected chi connectivity index (χ0v) is 13.0. The van der Waals surface area contributed by atoms with Crippen LogP contribution in [0.3, 0.4) is 0 Å². The molecule has 0 saturated carbocycles. The van der Waals surface area contributed by atoms with Crippen LogP contribution in [0.15, 0.2) is 24.3 Å². The van der Waals surface area contributed by atoms with Crippen molar-refractivity contribution in [3.05, 3.63) is 34.9 Å². The van der Waals surface area contributed by atoms with Crippen molar-refractivity contribution in [1.82, 2.24) is 10.6 Å². The molecular formula is C16H23ClN2O. The van der Waals surface area contributed by atoms with Gasteiger partial charge in [0.25, 0.3) is 0 Å². The van der Waals surface area contributed by atoms with Crippen molar-refractivity contribution in [2.45, 2.75) is 39.2 Å². The maximum absolute atomic E-state index is 12.6. The van der Waals surface area contributed by atoms with Crippen LogP contribution in [0, 0.1) is 5.41 Å². The molecule has 1 saturated heterocycles. The van der Waals surface area contributed by atoms with Crippen molar-refractivity contribution >= 4 is 17.5 Å². The average molecular weight is 295 g/mol. The topological polar surface area (TPSA) is 41.1 Å². The molecule has 1 unspecified atom stereocenters. The highest BCUT2D eigenvalue weighted by molar-refractivity contribution is 6.30. The normalized spacial score (nSPS) is 23.6. The lowest BCUT2D eigenvalue weighted by atomic mass is 9.81. The van der Waals surface area contributed by atoms with Gasteiger partial charge < -0.3 is 10.6 Å². The van der Waals surface area contributed by atoms with E-state index in [1.165, 1.54) is 0 Å². The van der Waals surface area contributed by atoms with Gasteiger partial charge in [0.1, 0.15) is 0 Å². The highest BCUT2D eigenvalue weighted by Crippen LogP contribution is 2.32. The van der Waals surface area contributed by atoms with E-state index in [2.05, 4.69) is 17.6 Å². The van der Waals surface area contributed by atoms with Crippen LogP contribution in [0.1, 0.15) is 44.7 Å². The van der Waals surface area contributed by atoms with Gasteiger partial charge in [-0.3, -0.25) is 4.79 Å². The minimum Gasteiger partial charge on any atom is -0.349 e. The standard InChI is InChI=1S/C16H23ClN2O/c1-3-7-16(8-9-18-11-16)15(20)19-12(2)13-5-4-6-14(17)10-13/h4-6,10,12,18H,3,7-9,11H2,1-2H3,(H,19,20)/t12-,16?/m1/s1. The van der Waals surface area contributed by atoms with Crippen molar-refractivity contribution in [3.8, 4) is 0 Å². The summed E-state index contributed by atoms with van der Waals surface area (Å²) in [6.45, 7) is 5.85. The Balaban J connectivity index is 2.06. The predicted octanol–water partition coefficient (Wildman–Crippen LogP) is 3.30. The SMILES string of the molecule is CCCC1(C(=O)N[C@H](C)c2cccc(Cl)c2)CCNC1. The smallest absolute Gasteiger partial charge is 0.228 e. The Morgan fingerprint density at radius 3 is 2.95 bits per heavy atom. The number of hydrogen-bond acceptors (Lipinski definition) is 2. The molecule has 2 N–H and O–H groups in total. The summed E-state index contributed by atoms with van der Waals surface area (Å²) in [4.78, 5) is 12.6. The number of carbonyl (C=O) groups excluding carboxylic acids is 1. The second-order valence-corrected chi connectivity index (χ2v) is 6.14. The van der Waals surface area contributed by atoms with Gasteiger partial charge in [0.05, 0.1) is 11.5 Å². The quantitative estimate of drug-likeness (QED) is 0.875. The first-order valence-electron chi connectivity index (χ1n) is 7.34. The molecule has 0 radical (unpaired) electrons. The highest BCUT2D eigenvalue weighted by atomic mass is 35.5. The van der Waals surface area contributed by atoms with E-state index in [1.807, 2.05) is 31.2 Å². The van der Waals surface area contributed by atoms with E-state index in [9.17, 15) is 4.79 Å². The van der Waals surface area contributed by atoms with Gasteiger partial charge in [0.15, 0.2) is 0 Å². The maximum Gasteiger partial charge on any atom is 0.228 e. The summed E-state index contributed by atoms with van der Waals surface area (Å²) in [5.74, 6) is 0.164. The van der Waals surface area contributed by atoms with Crippen LogP contribution in [0.4, 0.5) is 0 Å². The molecule has 4 heteroatoms. The summed E-state index contributed by atoms with van der Waals surface area (Å²) in [6, 6.07) is 7.65. The summed E-state index contributed by atoms with van der Waals surface area (Å²) >= 11 is 6.01. The molecule has 1 amide bonds. The molecule has 0 bridgehead atoms. The van der Waals surface area contributed by atoms with Gasteiger partial charge in [0.2, 0.25) is 5.91 Å². The molecule has 1 aliphatic rings. The number of amides is 1. The van der Waals surface area contributed by atoms with Gasteiger partial charge in [-0.1, -0.05) is 37.1 Å². The average Bonchev–Trinajstić information content (AvgIpc) is 2.89. The van der Waals surface area contributed by atoms with E-state index in [-0.39, 0.29) is 17.4 Å². The number of halogens is 1. The summed E-state index contributed by atoms with van der Waals surface area (Å²) in [5, 5.41) is 7.18. The molecule has 110 valence electrons. The van der Waals surface area contributed by atoms with Gasteiger partial charge in [-0.15, -0.1) is 0 Å². The summed E-state index contributed by atoms with van der Waals surface area (Å²) in [5.41, 5.74) is 0.810. The molecule has 1 fully saturated rings. The lowest BCUT2D eigenvalue weighted by Gasteiger charge is -2.28. The maximum atomic E-state index is 12.6. The van der Waals surface area contributed by atoms with Gasteiger partial charge in [0, 0.05) is 11.6 Å². The highest BCUT2D eigenvalue weighted by Gasteiger charge is 2.40. The third-order valence-corrected chi connectivity index (χ3v) is 4.39. The first-order chi connectivity index (χ1) is 9.57. The van der Waals surface area contributed by atoms with Crippen LogP contribution in [-0.2, 0) is 4.79 Å². The van der Waals surface area contributed by atoms with Gasteiger partial charge in [-0.05, 0) is 44.0 Å². The van der Waals surface area contributed by atoms with E-state index >= 15 is 0 Å². The molecule has 1 aliphatic heterocycles. The molecule has 2 atom stereocenters. The van der Waals surface area contributed by atoms with Gasteiger partial charge in [-0.25, -0.2) is 0 Å². The minimum absolute atomic E-state index is 0.0180. The van der Waals surface area contributed by atoms with Crippen molar-refractivity contribution in [2.75, 3.05) is 13.1 Å². The van der Waals surface area contributed by atoms with E-state index in [0.29, 0.717) is 5.02 Å². The molecule has 0 aromatic heterocycles. The Kier molecular flexibility index (Phi) is 5.06. The Morgan fingerprint density at radius 2 is 2.35 bits per heavy atom. The van der Waals surface area contributed by atoms with E-state index < -0.39 is 0 Å². The Hall–Kier alpha value is -1.06. The molecular weight excluding hydrogens is 272 g/mol. The molecule has 0 spiro atoms. The van der Waals surface area contributed by atoms with Crippen molar-refractivity contribution < 1.29 is 4.79 Å². The van der Waals surface area contributed by atoms with Crippen LogP contribution in [0.25, 0.3) is 0 Å². The number of carbonyl (C=O) groups is 1. The number of hydrogen-bond donors (Lipinski definition) is 2. The Morgan fingerprint density at radius 1 is 1.55 bits per heavy atom. The van der Waals surface area contributed by atoms with Gasteiger partial charge >= 0.3 is 0 Å². The second kappa shape index (κ2) is 6.59. The molecule has 3 nitrogen and oxygen atoms in total. The third-order valence-electron chi connectivity index (χ3n) is 4.15. The Bertz CT molecular complexity index is 469. The fourth-order valence-electron chi connectivity index (χ4n) is 2.95. The summed E-state index contributed by atoms with van der Waals surface area (Å²) in [7, 11) is 0. The van der Waals surface area contributed by atoms with Crippen LogP contribution in [-0.4, -0.2) is 19.0 Å². The van der Waals surface area contributed by atoms with Crippen molar-refractivity contribution in [2.24, 2.45) is 5.41 Å². The molecule has 1 aromatic rings. The minimum atomic E-state index is -0.235. The molecule has 1 heterocycles. The molecule has 20 heavy (non-hydrogen) atoms. The van der Waals surface area contributed by atoms with Crippen molar-refractivity contribution in [1.29, 1.82) is 0 Å². The lowest BCUT2D eigenvalue weighted by molar-refractivity contribution is -0.131. The number of rotatable bonds is 5. The van der Waals surface area contributed by atoms with Crippen LogP contribution >= 0.6 is 11.6 Å². The number of benzene rings is 1. The van der Waals surface area contributed by atoms with Crippen LogP contribution in [0.2, 0.25) is 5.02 Å². The first-order valence-corrected chi connectivity index (χ1v) is 7.72. The van der Waals surface area contributed by atoms with E-state index in [4.69, 9.17) is 11.6 Å². The molecule has 0 aliphatic carbocycles. The summed E-state index contributed by atoms with van der Waals surface area (Å²) < 4.78 is 0. The monoisotopic (exact) mass is 294 g/mol. The van der Waals surface area contributed by atoms with Crippen LogP contribution < -0.4 is 10.6 Å². The lowest BCUT2D eigenvalue weighted by Crippen LogP contribution is -2.43. The largest absolute Gasteiger partial charge is 0.349 e.